The van der Waals surface area contributed by atoms with Crippen LogP contribution in [0.15, 0.2) is 77.1 Å². The molecule has 1 heterocycles. The molecule has 16 heteroatoms. The number of benzene rings is 3. The maximum atomic E-state index is 13.2. The molecule has 3 aromatic carbocycles. The molecule has 0 bridgehead atoms. The van der Waals surface area contributed by atoms with Gasteiger partial charge in [0.2, 0.25) is 0 Å². The predicted octanol–water partition coefficient (Wildman–Crippen LogP) is 7.59. The molecule has 0 amide bonds. The number of nitrogens with one attached hydrogen (secondary N) is 1. The van der Waals surface area contributed by atoms with Crippen molar-refractivity contribution in [3.8, 4) is 28.6 Å². The lowest BCUT2D eigenvalue weighted by atomic mass is 10.1. The summed E-state index contributed by atoms with van der Waals surface area (Å²) in [5, 5.41) is 9.06. The average Bonchev–Trinajstić information content (AvgIpc) is 3.52. The number of ether oxygens (including phenoxy) is 3. The Balaban J connectivity index is 1.43. The van der Waals surface area contributed by atoms with Gasteiger partial charge in [0.1, 0.15) is 23.8 Å². The maximum Gasteiger partial charge on any atom is 0.499 e. The Morgan fingerprint density at radius 3 is 2.23 bits per heavy atom. The van der Waals surface area contributed by atoms with Crippen molar-refractivity contribution in [2.24, 2.45) is 16.0 Å². The minimum absolute atomic E-state index is 0.0346. The molecular weight excluding hydrogens is 659 g/mol. The van der Waals surface area contributed by atoms with E-state index in [9.17, 15) is 26.7 Å². The average molecular weight is 691 g/mol. The van der Waals surface area contributed by atoms with Crippen LogP contribution in [-0.4, -0.2) is 57.4 Å². The molecule has 48 heavy (non-hydrogen) atoms. The van der Waals surface area contributed by atoms with Crippen molar-refractivity contribution in [3.63, 3.8) is 0 Å². The summed E-state index contributed by atoms with van der Waals surface area (Å²) < 4.78 is 79.4. The Morgan fingerprint density at radius 1 is 1.00 bits per heavy atom. The number of aromatic nitrogens is 3. The molecule has 0 saturated carbocycles. The number of carbonyl (C=O) groups excluding carboxylic acids is 1. The van der Waals surface area contributed by atoms with Crippen LogP contribution in [0.2, 0.25) is 0 Å². The van der Waals surface area contributed by atoms with Gasteiger partial charge in [0, 0.05) is 5.56 Å². The SMILES string of the molecule is COc1cc(C)c(/N=C(/N/N=C/c2ccc(-c3ncn(-c4ccc(OC(F)(F)C(F)(F)F)cc4)n3)cc2)SCOC(=O)C(C)C)c(C)c1. The molecule has 4 rings (SSSR count). The maximum absolute atomic E-state index is 13.2. The molecule has 0 fully saturated rings. The van der Waals surface area contributed by atoms with E-state index in [2.05, 4.69) is 25.3 Å². The summed E-state index contributed by atoms with van der Waals surface area (Å²) in [5.41, 5.74) is 7.16. The quantitative estimate of drug-likeness (QED) is 0.0428. The molecule has 0 aliphatic carbocycles. The molecule has 0 atom stereocenters. The van der Waals surface area contributed by atoms with Crippen LogP contribution >= 0.6 is 11.8 Å². The largest absolute Gasteiger partial charge is 0.499 e. The molecule has 0 saturated heterocycles. The molecule has 1 N–H and O–H groups in total. The molecule has 1 aromatic heterocycles. The summed E-state index contributed by atoms with van der Waals surface area (Å²) in [6.07, 6.45) is -8.22. The van der Waals surface area contributed by atoms with Crippen LogP contribution in [0.25, 0.3) is 17.1 Å². The topological polar surface area (TPSA) is 112 Å². The van der Waals surface area contributed by atoms with Crippen molar-refractivity contribution in [1.82, 2.24) is 20.2 Å². The van der Waals surface area contributed by atoms with Gasteiger partial charge in [-0.25, -0.2) is 14.7 Å². The molecule has 0 spiro atoms. The predicted molar refractivity (Wildman–Crippen MR) is 172 cm³/mol. The van der Waals surface area contributed by atoms with E-state index in [1.807, 2.05) is 26.0 Å². The highest BCUT2D eigenvalue weighted by Crippen LogP contribution is 2.37. The molecule has 0 aliphatic rings. The fourth-order valence-electron chi connectivity index (χ4n) is 3.98. The zero-order chi connectivity index (χ0) is 35.1. The van der Waals surface area contributed by atoms with Gasteiger partial charge < -0.3 is 14.2 Å². The highest BCUT2D eigenvalue weighted by atomic mass is 32.2. The first-order valence-electron chi connectivity index (χ1n) is 14.3. The standard InChI is InChI=1S/C32H31F5N6O4S/c1-19(2)29(44)46-18-48-30(40-27-20(3)14-26(45-5)15-21(27)4)41-39-16-22-6-8-23(9-7-22)28-38-17-43(42-28)24-10-12-25(13-11-24)47-32(36,37)31(33,34)35/h6-17,19H,18H2,1-5H3,(H,40,41)/b39-16+. The summed E-state index contributed by atoms with van der Waals surface area (Å²) in [5.74, 6) is -0.177. The number of hydrazone groups is 1. The third kappa shape index (κ3) is 9.30. The van der Waals surface area contributed by atoms with Crippen LogP contribution < -0.4 is 14.9 Å². The van der Waals surface area contributed by atoms with Gasteiger partial charge in [-0.2, -0.15) is 27.1 Å². The number of hydrogen-bond acceptors (Lipinski definition) is 9. The van der Waals surface area contributed by atoms with Crippen molar-refractivity contribution in [3.05, 3.63) is 83.7 Å². The lowest BCUT2D eigenvalue weighted by molar-refractivity contribution is -0.360. The highest BCUT2D eigenvalue weighted by Gasteiger charge is 2.61. The second-order valence-corrected chi connectivity index (χ2v) is 11.4. The number of carbonyl (C=O) groups is 1. The third-order valence-electron chi connectivity index (χ3n) is 6.49. The number of aryl methyl sites for hydroxylation is 2. The summed E-state index contributed by atoms with van der Waals surface area (Å²) in [4.78, 5) is 20.9. The van der Waals surface area contributed by atoms with Crippen molar-refractivity contribution in [2.75, 3.05) is 13.0 Å². The van der Waals surface area contributed by atoms with E-state index in [1.165, 1.54) is 34.9 Å². The summed E-state index contributed by atoms with van der Waals surface area (Å²) >= 11 is 1.18. The molecule has 0 radical (unpaired) electrons. The fraction of sp³-hybridized carbons (Fsp3) is 0.281. The van der Waals surface area contributed by atoms with Crippen LogP contribution in [0.1, 0.15) is 30.5 Å². The van der Waals surface area contributed by atoms with Gasteiger partial charge in [-0.1, -0.05) is 38.1 Å². The van der Waals surface area contributed by atoms with Gasteiger partial charge in [-0.3, -0.25) is 10.2 Å². The first-order valence-corrected chi connectivity index (χ1v) is 15.2. The lowest BCUT2D eigenvalue weighted by Crippen LogP contribution is -2.41. The Kier molecular flexibility index (Phi) is 11.4. The first-order chi connectivity index (χ1) is 22.7. The normalized spacial score (nSPS) is 12.4. The second-order valence-electron chi connectivity index (χ2n) is 10.5. The lowest BCUT2D eigenvalue weighted by Gasteiger charge is -2.20. The molecule has 10 nitrogen and oxygen atoms in total. The third-order valence-corrected chi connectivity index (χ3v) is 7.19. The Hall–Kier alpha value is -4.99. The second kappa shape index (κ2) is 15.3. The van der Waals surface area contributed by atoms with E-state index in [4.69, 9.17) is 14.5 Å². The molecule has 4 aromatic rings. The zero-order valence-electron chi connectivity index (χ0n) is 26.4. The summed E-state index contributed by atoms with van der Waals surface area (Å²) in [6.45, 7) is 7.32. The number of rotatable bonds is 11. The van der Waals surface area contributed by atoms with E-state index in [0.29, 0.717) is 28.0 Å². The van der Waals surface area contributed by atoms with Crippen molar-refractivity contribution >= 4 is 34.8 Å². The number of amidine groups is 1. The van der Waals surface area contributed by atoms with Crippen LogP contribution in [0.4, 0.5) is 27.6 Å². The summed E-state index contributed by atoms with van der Waals surface area (Å²) in [6, 6.07) is 15.3. The van der Waals surface area contributed by atoms with Gasteiger partial charge in [0.15, 0.2) is 11.0 Å². The van der Waals surface area contributed by atoms with Gasteiger partial charge in [0.25, 0.3) is 0 Å². The van der Waals surface area contributed by atoms with E-state index in [-0.39, 0.29) is 17.8 Å². The van der Waals surface area contributed by atoms with Crippen LogP contribution in [0.5, 0.6) is 11.5 Å². The van der Waals surface area contributed by atoms with Gasteiger partial charge in [0.05, 0.1) is 30.6 Å². The Bertz CT molecular complexity index is 1750. The number of aliphatic imine (C=N–C) groups is 1. The van der Waals surface area contributed by atoms with E-state index < -0.39 is 18.0 Å². The van der Waals surface area contributed by atoms with E-state index in [1.54, 1.807) is 51.4 Å². The van der Waals surface area contributed by atoms with E-state index in [0.717, 1.165) is 34.5 Å². The molecular formula is C32H31F5N6O4S. The number of thioether (sulfide) groups is 1. The fourth-order valence-corrected chi connectivity index (χ4v) is 4.54. The minimum atomic E-state index is -5.85. The number of methoxy groups -OCH3 is 1. The number of nitrogens with zero attached hydrogens (tertiary/aromatic N) is 5. The summed E-state index contributed by atoms with van der Waals surface area (Å²) in [7, 11) is 1.59. The van der Waals surface area contributed by atoms with Gasteiger partial charge in [-0.05, 0) is 78.7 Å². The van der Waals surface area contributed by atoms with Crippen molar-refractivity contribution < 1.29 is 41.0 Å². The Morgan fingerprint density at radius 2 is 1.65 bits per heavy atom. The highest BCUT2D eigenvalue weighted by molar-refractivity contribution is 8.13. The van der Waals surface area contributed by atoms with Crippen LogP contribution in [0.3, 0.4) is 0 Å². The molecule has 0 aliphatic heterocycles. The number of esters is 1. The van der Waals surface area contributed by atoms with Crippen LogP contribution in [-0.2, 0) is 9.53 Å². The minimum Gasteiger partial charge on any atom is -0.497 e. The Labute approximate surface area is 277 Å². The smallest absolute Gasteiger partial charge is 0.497 e. The molecule has 0 unspecified atom stereocenters. The molecule has 254 valence electrons. The number of hydrogen-bond donors (Lipinski definition) is 1. The van der Waals surface area contributed by atoms with Gasteiger partial charge >= 0.3 is 18.3 Å². The number of halogens is 5. The van der Waals surface area contributed by atoms with Crippen LogP contribution in [0, 0.1) is 19.8 Å². The number of alkyl halides is 5. The van der Waals surface area contributed by atoms with Crippen molar-refractivity contribution in [1.29, 1.82) is 0 Å². The van der Waals surface area contributed by atoms with E-state index >= 15 is 0 Å². The van der Waals surface area contributed by atoms with Gasteiger partial charge in [-0.15, -0.1) is 5.10 Å². The zero-order valence-corrected chi connectivity index (χ0v) is 27.2. The monoisotopic (exact) mass is 690 g/mol. The van der Waals surface area contributed by atoms with Crippen molar-refractivity contribution in [2.45, 2.75) is 40.0 Å². The first kappa shape index (κ1) is 35.9.